The molecule has 2 fully saturated rings. The molecule has 2 aliphatic rings. The van der Waals surface area contributed by atoms with Crippen molar-refractivity contribution in [1.82, 2.24) is 14.6 Å². The summed E-state index contributed by atoms with van der Waals surface area (Å²) in [7, 11) is -4.60. The summed E-state index contributed by atoms with van der Waals surface area (Å²) in [5.41, 5.74) is 7.07. The van der Waals surface area contributed by atoms with Gasteiger partial charge < -0.3 is 34.3 Å². The molecule has 5 rings (SSSR count). The topological polar surface area (TPSA) is 158 Å². The number of ether oxygens (including phenoxy) is 5. The lowest BCUT2D eigenvalue weighted by molar-refractivity contribution is -0.212. The zero-order valence-electron chi connectivity index (χ0n) is 35.5. The molecule has 59 heavy (non-hydrogen) atoms. The molecule has 4 heterocycles. The Labute approximate surface area is 360 Å². The van der Waals surface area contributed by atoms with Crippen LogP contribution in [0.1, 0.15) is 142 Å². The molecule has 13 nitrogen and oxygen atoms in total. The summed E-state index contributed by atoms with van der Waals surface area (Å²) in [5, 5.41) is 5.23. The van der Waals surface area contributed by atoms with E-state index < -0.39 is 43.6 Å². The highest BCUT2D eigenvalue weighted by Gasteiger charge is 2.62. The molecule has 0 amide bonds. The van der Waals surface area contributed by atoms with Crippen LogP contribution >= 0.6 is 31.0 Å². The van der Waals surface area contributed by atoms with Gasteiger partial charge in [0, 0.05) is 6.61 Å². The number of benzene rings is 1. The van der Waals surface area contributed by atoms with Gasteiger partial charge in [-0.25, -0.2) is 14.1 Å². The van der Waals surface area contributed by atoms with Crippen LogP contribution in [0.5, 0.6) is 0 Å². The number of phosphoric acid groups is 1. The molecular formula is C43H67Cl2N4O9P. The third-order valence-electron chi connectivity index (χ3n) is 11.2. The van der Waals surface area contributed by atoms with Crippen LogP contribution in [-0.4, -0.2) is 76.1 Å². The largest absolute Gasteiger partial charge is 0.472 e. The van der Waals surface area contributed by atoms with E-state index in [1.54, 1.807) is 42.6 Å². The minimum Gasteiger partial charge on any atom is -0.382 e. The highest BCUT2D eigenvalue weighted by Crippen LogP contribution is 2.51. The third-order valence-corrected chi connectivity index (χ3v) is 12.9. The number of aromatic nitrogens is 3. The van der Waals surface area contributed by atoms with Crippen molar-refractivity contribution >= 4 is 42.4 Å². The van der Waals surface area contributed by atoms with Crippen LogP contribution < -0.4 is 5.73 Å². The van der Waals surface area contributed by atoms with Crippen LogP contribution in [-0.2, 0) is 49.5 Å². The van der Waals surface area contributed by atoms with E-state index in [4.69, 9.17) is 61.7 Å². The number of hydrogen-bond donors (Lipinski definition) is 2. The van der Waals surface area contributed by atoms with Crippen LogP contribution in [0.15, 0.2) is 36.7 Å². The number of phosphoric ester groups is 1. The molecule has 3 aromatic rings. The first-order chi connectivity index (χ1) is 28.3. The average Bonchev–Trinajstić information content (AvgIpc) is 3.86. The van der Waals surface area contributed by atoms with Crippen molar-refractivity contribution in [2.45, 2.75) is 173 Å². The quantitative estimate of drug-likeness (QED) is 0.0503. The first kappa shape index (κ1) is 48.2. The summed E-state index contributed by atoms with van der Waals surface area (Å²) >= 11 is 12.3. The molecule has 332 valence electrons. The number of rotatable bonds is 29. The van der Waals surface area contributed by atoms with Crippen molar-refractivity contribution in [1.29, 1.82) is 0 Å². The van der Waals surface area contributed by atoms with Gasteiger partial charge in [0.25, 0.3) is 0 Å². The molecular weight excluding hydrogens is 818 g/mol. The van der Waals surface area contributed by atoms with Gasteiger partial charge in [-0.1, -0.05) is 133 Å². The van der Waals surface area contributed by atoms with Crippen LogP contribution in [0.25, 0.3) is 5.52 Å². The number of anilines is 1. The molecule has 6 atom stereocenters. The van der Waals surface area contributed by atoms with Crippen LogP contribution in [0.2, 0.25) is 10.0 Å². The van der Waals surface area contributed by atoms with Crippen molar-refractivity contribution in [3.8, 4) is 0 Å². The lowest BCUT2D eigenvalue weighted by atomic mass is 9.93. The normalized spacial score (nSPS) is 22.9. The fourth-order valence-electron chi connectivity index (χ4n) is 7.94. The molecule has 1 aromatic carbocycles. The summed E-state index contributed by atoms with van der Waals surface area (Å²) in [6.45, 7) is 8.05. The van der Waals surface area contributed by atoms with Gasteiger partial charge in [0.1, 0.15) is 41.9 Å². The Hall–Kier alpha value is -1.87. The molecule has 2 saturated heterocycles. The predicted molar refractivity (Wildman–Crippen MR) is 231 cm³/mol. The molecule has 0 radical (unpaired) electrons. The van der Waals surface area contributed by atoms with E-state index in [-0.39, 0.29) is 26.4 Å². The monoisotopic (exact) mass is 884 g/mol. The zero-order valence-corrected chi connectivity index (χ0v) is 37.9. The van der Waals surface area contributed by atoms with E-state index in [0.29, 0.717) is 33.7 Å². The minimum atomic E-state index is -4.60. The van der Waals surface area contributed by atoms with Gasteiger partial charge in [0.15, 0.2) is 11.6 Å². The van der Waals surface area contributed by atoms with E-state index in [0.717, 1.165) is 18.4 Å². The maximum Gasteiger partial charge on any atom is 0.472 e. The highest BCUT2D eigenvalue weighted by atomic mass is 35.5. The number of nitrogen functional groups attached to an aromatic ring is 1. The number of nitrogens with zero attached hydrogens (tertiary/aromatic N) is 3. The van der Waals surface area contributed by atoms with Crippen molar-refractivity contribution in [3.05, 3.63) is 58.0 Å². The Bertz CT molecular complexity index is 1770. The summed E-state index contributed by atoms with van der Waals surface area (Å²) in [6.07, 6.45) is 19.4. The van der Waals surface area contributed by atoms with Gasteiger partial charge in [-0.3, -0.25) is 9.05 Å². The molecule has 3 N–H and O–H groups in total. The van der Waals surface area contributed by atoms with E-state index >= 15 is 0 Å². The first-order valence-corrected chi connectivity index (χ1v) is 23.9. The maximum atomic E-state index is 13.3. The van der Waals surface area contributed by atoms with Gasteiger partial charge in [-0.2, -0.15) is 5.10 Å². The van der Waals surface area contributed by atoms with Gasteiger partial charge in [-0.05, 0) is 57.0 Å². The Kier molecular flexibility index (Phi) is 19.2. The molecule has 0 saturated carbocycles. The molecule has 0 bridgehead atoms. The number of nitrogens with two attached hydrogens (primary N) is 1. The van der Waals surface area contributed by atoms with Crippen LogP contribution in [0.3, 0.4) is 0 Å². The molecule has 16 heteroatoms. The molecule has 1 unspecified atom stereocenters. The fourth-order valence-corrected chi connectivity index (χ4v) is 9.02. The smallest absolute Gasteiger partial charge is 0.382 e. The van der Waals surface area contributed by atoms with Crippen molar-refractivity contribution < 1.29 is 42.2 Å². The first-order valence-electron chi connectivity index (χ1n) is 21.7. The predicted octanol–water partition coefficient (Wildman–Crippen LogP) is 10.7. The standard InChI is InChI=1S/C43H67Cl2N4O9P/c1-5-6-7-8-9-10-11-12-13-14-15-16-17-18-19-20-25-52-28-33(53-27-32-21-22-34(44)35(45)26-32)29-54-59(50,51)55-30-37-39-40(58-42(2,3)57-39)43(4,56-37)38-24-23-36-41(46)47-31-48-49(36)38/h21-24,26,31,33,37,39-40H,5-20,25,27-30H2,1-4H3,(H,50,51)(H2,46,47,48)/t33-,37-,39-,40-,43+/m1/s1. The number of fused-ring (bicyclic) bond motifs is 2. The molecule has 2 aromatic heterocycles. The highest BCUT2D eigenvalue weighted by molar-refractivity contribution is 7.47. The third kappa shape index (κ3) is 14.6. The number of halogens is 2. The van der Waals surface area contributed by atoms with Gasteiger partial charge in [0.2, 0.25) is 0 Å². The Morgan fingerprint density at radius 1 is 0.847 bits per heavy atom. The van der Waals surface area contributed by atoms with Gasteiger partial charge in [-0.15, -0.1) is 0 Å². The molecule has 0 aliphatic carbocycles. The van der Waals surface area contributed by atoms with E-state index in [9.17, 15) is 9.46 Å². The maximum absolute atomic E-state index is 13.3. The Morgan fingerprint density at radius 2 is 1.49 bits per heavy atom. The Balaban J connectivity index is 1.05. The number of hydrogen-bond acceptors (Lipinski definition) is 11. The van der Waals surface area contributed by atoms with Crippen molar-refractivity contribution in [2.24, 2.45) is 0 Å². The average molecular weight is 886 g/mol. The van der Waals surface area contributed by atoms with Gasteiger partial charge in [0.05, 0.1) is 42.2 Å². The lowest BCUT2D eigenvalue weighted by Gasteiger charge is -2.31. The van der Waals surface area contributed by atoms with E-state index in [1.165, 1.54) is 96.2 Å². The summed E-state index contributed by atoms with van der Waals surface area (Å²) < 4.78 is 57.2. The van der Waals surface area contributed by atoms with Crippen LogP contribution in [0, 0.1) is 0 Å². The van der Waals surface area contributed by atoms with Crippen molar-refractivity contribution in [2.75, 3.05) is 32.2 Å². The summed E-state index contributed by atoms with van der Waals surface area (Å²) in [5.74, 6) is -0.624. The summed E-state index contributed by atoms with van der Waals surface area (Å²) in [6, 6.07) is 8.87. The van der Waals surface area contributed by atoms with E-state index in [1.807, 2.05) is 13.0 Å². The van der Waals surface area contributed by atoms with Crippen LogP contribution in [0.4, 0.5) is 5.82 Å². The fraction of sp³-hybridized carbons (Fsp3) is 0.721. The van der Waals surface area contributed by atoms with Crippen molar-refractivity contribution in [3.63, 3.8) is 0 Å². The zero-order chi connectivity index (χ0) is 42.3. The second-order valence-corrected chi connectivity index (χ2v) is 18.8. The lowest BCUT2D eigenvalue weighted by Crippen LogP contribution is -2.39. The van der Waals surface area contributed by atoms with E-state index in [2.05, 4.69) is 17.0 Å². The number of unbranched alkanes of at least 4 members (excludes halogenated alkanes) is 15. The second-order valence-electron chi connectivity index (χ2n) is 16.6. The van der Waals surface area contributed by atoms with Gasteiger partial charge >= 0.3 is 7.82 Å². The molecule has 2 aliphatic heterocycles. The summed E-state index contributed by atoms with van der Waals surface area (Å²) in [4.78, 5) is 14.9. The molecule has 0 spiro atoms. The Morgan fingerprint density at radius 3 is 2.14 bits per heavy atom. The second kappa shape index (κ2) is 23.5. The SMILES string of the molecule is CCCCCCCCCCCCCCCCCCOC[C@H](COP(=O)(O)OC[C@H]1O[C@@](C)(c2ccc3c(N)ncnn23)[C@@H]2OC(C)(C)O[C@@H]21)OCc1ccc(Cl)c(Cl)c1. The minimum absolute atomic E-state index is 0.160.